The summed E-state index contributed by atoms with van der Waals surface area (Å²) in [4.78, 5) is 10.0. The van der Waals surface area contributed by atoms with Crippen LogP contribution >= 0.6 is 0 Å². The summed E-state index contributed by atoms with van der Waals surface area (Å²) >= 11 is 0. The molecule has 21 heavy (non-hydrogen) atoms. The minimum atomic E-state index is -0.388. The highest BCUT2D eigenvalue weighted by atomic mass is 16.6. The molecule has 2 rings (SSSR count). The first-order chi connectivity index (χ1) is 10.2. The second-order valence-corrected chi connectivity index (χ2v) is 4.51. The van der Waals surface area contributed by atoms with Crippen molar-refractivity contribution in [3.05, 3.63) is 69.8 Å². The fraction of sp³-hybridized carbons (Fsp3) is 0.200. The molecule has 0 aliphatic carbocycles. The lowest BCUT2D eigenvalue weighted by molar-refractivity contribution is -0.479. The highest BCUT2D eigenvalue weighted by Crippen LogP contribution is 2.23. The molecule has 0 amide bonds. The van der Waals surface area contributed by atoms with Gasteiger partial charge < -0.3 is 4.74 Å². The zero-order valence-electron chi connectivity index (χ0n) is 11.4. The molecule has 0 radical (unpaired) electrons. The number of rotatable bonds is 7. The lowest BCUT2D eigenvalue weighted by Crippen LogP contribution is -2.06. The first-order valence-electron chi connectivity index (χ1n) is 6.50. The van der Waals surface area contributed by atoms with Crippen LogP contribution in [0, 0.1) is 10.1 Å². The number of ether oxygens (including phenoxy) is 1. The predicted octanol–water partition coefficient (Wildman–Crippen LogP) is 2.89. The number of hydrogen-bond acceptors (Lipinski definition) is 5. The Balaban J connectivity index is 2.02. The van der Waals surface area contributed by atoms with Gasteiger partial charge in [0.05, 0.1) is 5.69 Å². The molecule has 0 saturated carbocycles. The van der Waals surface area contributed by atoms with Crippen LogP contribution < -0.4 is 10.2 Å². The summed E-state index contributed by atoms with van der Waals surface area (Å²) in [6.07, 6.45) is 0.245. The molecule has 0 aromatic heterocycles. The van der Waals surface area contributed by atoms with E-state index in [1.807, 2.05) is 30.3 Å². The van der Waals surface area contributed by atoms with Gasteiger partial charge in [-0.3, -0.25) is 20.8 Å². The Morgan fingerprint density at radius 3 is 2.62 bits per heavy atom. The van der Waals surface area contributed by atoms with Crippen LogP contribution in [0.4, 0.5) is 5.69 Å². The SMILES string of the molecule is O=[N+]([O-])CCc1ccc(OCc2ccccc2)cc1NO. The Bertz CT molecular complexity index is 602. The molecule has 0 bridgehead atoms. The molecule has 0 spiro atoms. The van der Waals surface area contributed by atoms with Gasteiger partial charge in [-0.15, -0.1) is 0 Å². The first-order valence-corrected chi connectivity index (χ1v) is 6.50. The number of nitrogens with one attached hydrogen (secondary N) is 1. The van der Waals surface area contributed by atoms with Gasteiger partial charge in [-0.2, -0.15) is 0 Å². The maximum atomic E-state index is 10.4. The number of nitrogens with zero attached hydrogens (tertiary/aromatic N) is 1. The van der Waals surface area contributed by atoms with Crippen molar-refractivity contribution in [1.29, 1.82) is 0 Å². The van der Waals surface area contributed by atoms with E-state index in [-0.39, 0.29) is 17.9 Å². The summed E-state index contributed by atoms with van der Waals surface area (Å²) in [5, 5.41) is 19.5. The number of benzene rings is 2. The molecule has 110 valence electrons. The Kier molecular flexibility index (Phi) is 5.11. The normalized spacial score (nSPS) is 10.1. The molecule has 2 aromatic rings. The molecule has 2 N–H and O–H groups in total. The van der Waals surface area contributed by atoms with Crippen molar-refractivity contribution in [1.82, 2.24) is 0 Å². The Hall–Kier alpha value is -2.60. The van der Waals surface area contributed by atoms with E-state index in [1.54, 1.807) is 18.2 Å². The van der Waals surface area contributed by atoms with E-state index in [0.29, 0.717) is 23.6 Å². The average Bonchev–Trinajstić information content (AvgIpc) is 2.52. The smallest absolute Gasteiger partial charge is 0.207 e. The molecule has 2 aromatic carbocycles. The molecule has 0 heterocycles. The zero-order valence-corrected chi connectivity index (χ0v) is 11.4. The van der Waals surface area contributed by atoms with E-state index in [4.69, 9.17) is 9.94 Å². The second kappa shape index (κ2) is 7.25. The van der Waals surface area contributed by atoms with E-state index in [0.717, 1.165) is 5.56 Å². The Morgan fingerprint density at radius 1 is 1.19 bits per heavy atom. The van der Waals surface area contributed by atoms with E-state index < -0.39 is 0 Å². The van der Waals surface area contributed by atoms with Gasteiger partial charge in [0.1, 0.15) is 12.4 Å². The number of anilines is 1. The van der Waals surface area contributed by atoms with Gasteiger partial charge in [-0.25, -0.2) is 0 Å². The molecule has 0 aliphatic heterocycles. The summed E-state index contributed by atoms with van der Waals surface area (Å²) in [6, 6.07) is 14.8. The molecule has 6 heteroatoms. The maximum Gasteiger partial charge on any atom is 0.207 e. The zero-order chi connectivity index (χ0) is 15.1. The number of nitro groups is 1. The van der Waals surface area contributed by atoms with Crippen molar-refractivity contribution in [3.8, 4) is 5.75 Å². The molecule has 0 atom stereocenters. The van der Waals surface area contributed by atoms with Crippen LogP contribution in [0.1, 0.15) is 11.1 Å². The van der Waals surface area contributed by atoms with Crippen molar-refractivity contribution in [2.45, 2.75) is 13.0 Å². The molecular weight excluding hydrogens is 272 g/mol. The average molecular weight is 288 g/mol. The van der Waals surface area contributed by atoms with Gasteiger partial charge in [0.2, 0.25) is 6.54 Å². The lowest BCUT2D eigenvalue weighted by atomic mass is 10.1. The molecule has 0 saturated heterocycles. The van der Waals surface area contributed by atoms with E-state index in [9.17, 15) is 10.1 Å². The Morgan fingerprint density at radius 2 is 1.95 bits per heavy atom. The van der Waals surface area contributed by atoms with Crippen LogP contribution in [0.2, 0.25) is 0 Å². The van der Waals surface area contributed by atoms with Crippen LogP contribution in [0.25, 0.3) is 0 Å². The van der Waals surface area contributed by atoms with Crippen molar-refractivity contribution >= 4 is 5.69 Å². The van der Waals surface area contributed by atoms with Gasteiger partial charge >= 0.3 is 0 Å². The summed E-state index contributed by atoms with van der Waals surface area (Å²) in [6.45, 7) is 0.235. The lowest BCUT2D eigenvalue weighted by Gasteiger charge is -2.11. The molecule has 0 aliphatic rings. The van der Waals surface area contributed by atoms with Gasteiger partial charge in [-0.1, -0.05) is 36.4 Å². The third kappa shape index (κ3) is 4.47. The van der Waals surface area contributed by atoms with Crippen LogP contribution in [0.3, 0.4) is 0 Å². The van der Waals surface area contributed by atoms with Crippen LogP contribution in [-0.4, -0.2) is 16.7 Å². The highest BCUT2D eigenvalue weighted by Gasteiger charge is 2.07. The van der Waals surface area contributed by atoms with Crippen molar-refractivity contribution in [2.24, 2.45) is 0 Å². The monoisotopic (exact) mass is 288 g/mol. The van der Waals surface area contributed by atoms with Crippen molar-refractivity contribution in [2.75, 3.05) is 12.0 Å². The van der Waals surface area contributed by atoms with Crippen LogP contribution in [0.5, 0.6) is 5.75 Å². The molecular formula is C15H16N2O4. The van der Waals surface area contributed by atoms with Crippen LogP contribution in [-0.2, 0) is 13.0 Å². The maximum absolute atomic E-state index is 10.4. The van der Waals surface area contributed by atoms with Crippen molar-refractivity contribution < 1.29 is 14.9 Å². The van der Waals surface area contributed by atoms with Gasteiger partial charge in [0, 0.05) is 17.4 Å². The van der Waals surface area contributed by atoms with E-state index >= 15 is 0 Å². The summed E-state index contributed by atoms with van der Waals surface area (Å²) < 4.78 is 5.63. The second-order valence-electron chi connectivity index (χ2n) is 4.51. The summed E-state index contributed by atoms with van der Waals surface area (Å²) in [5.74, 6) is 0.584. The van der Waals surface area contributed by atoms with Crippen LogP contribution in [0.15, 0.2) is 48.5 Å². The quantitative estimate of drug-likeness (QED) is 0.604. The third-order valence-electron chi connectivity index (χ3n) is 3.01. The standard InChI is InChI=1S/C15H16N2O4/c18-16-15-10-14(7-6-13(15)8-9-17(19)20)21-11-12-4-2-1-3-5-12/h1-7,10,16,18H,8-9,11H2. The van der Waals surface area contributed by atoms with Gasteiger partial charge in [-0.05, 0) is 17.2 Å². The topological polar surface area (TPSA) is 84.6 Å². The summed E-state index contributed by atoms with van der Waals surface area (Å²) in [7, 11) is 0. The fourth-order valence-electron chi connectivity index (χ4n) is 1.92. The van der Waals surface area contributed by atoms with Gasteiger partial charge in [0.25, 0.3) is 0 Å². The van der Waals surface area contributed by atoms with E-state index in [1.165, 1.54) is 0 Å². The fourth-order valence-corrected chi connectivity index (χ4v) is 1.92. The molecule has 6 nitrogen and oxygen atoms in total. The minimum Gasteiger partial charge on any atom is -0.489 e. The van der Waals surface area contributed by atoms with Crippen molar-refractivity contribution in [3.63, 3.8) is 0 Å². The summed E-state index contributed by atoms with van der Waals surface area (Å²) in [5.41, 5.74) is 4.18. The third-order valence-corrected chi connectivity index (χ3v) is 3.01. The van der Waals surface area contributed by atoms with Gasteiger partial charge in [0.15, 0.2) is 0 Å². The molecule has 0 unspecified atom stereocenters. The Labute approximate surface area is 122 Å². The number of hydrogen-bond donors (Lipinski definition) is 2. The minimum absolute atomic E-state index is 0.182. The highest BCUT2D eigenvalue weighted by molar-refractivity contribution is 5.53. The largest absolute Gasteiger partial charge is 0.489 e. The predicted molar refractivity (Wildman–Crippen MR) is 78.2 cm³/mol. The first kappa shape index (κ1) is 14.8. The molecule has 0 fully saturated rings. The van der Waals surface area contributed by atoms with E-state index in [2.05, 4.69) is 5.48 Å².